The topological polar surface area (TPSA) is 28.5 Å². The molecule has 4 aromatic rings. The zero-order valence-electron chi connectivity index (χ0n) is 17.1. The van der Waals surface area contributed by atoms with Gasteiger partial charge in [0.2, 0.25) is 5.13 Å². The third-order valence-electron chi connectivity index (χ3n) is 5.33. The van der Waals surface area contributed by atoms with Gasteiger partial charge in [-0.1, -0.05) is 35.9 Å². The molecule has 0 N–H and O–H groups in total. The van der Waals surface area contributed by atoms with Crippen molar-refractivity contribution in [1.82, 2.24) is 4.98 Å². The number of thiophene rings is 1. The van der Waals surface area contributed by atoms with Gasteiger partial charge < -0.3 is 0 Å². The molecule has 5 rings (SSSR count). The van der Waals surface area contributed by atoms with Crippen LogP contribution in [0, 0.1) is 19.7 Å². The average Bonchev–Trinajstić information content (AvgIpc) is 3.50. The van der Waals surface area contributed by atoms with Gasteiger partial charge in [0.25, 0.3) is 0 Å². The van der Waals surface area contributed by atoms with Crippen molar-refractivity contribution < 1.29 is 4.39 Å². The van der Waals surface area contributed by atoms with Gasteiger partial charge in [0.15, 0.2) is 0 Å². The van der Waals surface area contributed by atoms with Gasteiger partial charge in [-0.2, -0.15) is 5.10 Å². The molecule has 0 fully saturated rings. The third kappa shape index (κ3) is 4.35. The van der Waals surface area contributed by atoms with Gasteiger partial charge in [0.1, 0.15) is 5.82 Å². The number of hydrazone groups is 1. The van der Waals surface area contributed by atoms with Crippen LogP contribution in [0.5, 0.6) is 0 Å². The molecule has 2 aromatic carbocycles. The summed E-state index contributed by atoms with van der Waals surface area (Å²) in [5, 5.41) is 12.0. The van der Waals surface area contributed by atoms with E-state index in [0.29, 0.717) is 0 Å². The normalized spacial score (nSPS) is 15.6. The van der Waals surface area contributed by atoms with Crippen molar-refractivity contribution in [3.8, 4) is 11.3 Å². The summed E-state index contributed by atoms with van der Waals surface area (Å²) in [7, 11) is 0. The number of rotatable bonds is 4. The number of aryl methyl sites for hydroxylation is 2. The lowest BCUT2D eigenvalue weighted by Crippen LogP contribution is -2.18. The molecular weight excluding hydrogens is 493 g/mol. The maximum absolute atomic E-state index is 13.5. The van der Waals surface area contributed by atoms with Crippen LogP contribution in [0.4, 0.5) is 9.52 Å². The van der Waals surface area contributed by atoms with Crippen molar-refractivity contribution in [3.05, 3.63) is 92.7 Å². The number of aromatic nitrogens is 1. The number of benzene rings is 2. The summed E-state index contributed by atoms with van der Waals surface area (Å²) in [6, 6.07) is 17.3. The number of thiazole rings is 1. The van der Waals surface area contributed by atoms with Gasteiger partial charge >= 0.3 is 0 Å². The molecule has 7 heteroatoms. The summed E-state index contributed by atoms with van der Waals surface area (Å²) < 4.78 is 13.5. The second kappa shape index (κ2) is 9.02. The summed E-state index contributed by atoms with van der Waals surface area (Å²) >= 11 is 3.28. The smallest absolute Gasteiger partial charge is 0.207 e. The Morgan fingerprint density at radius 1 is 1.03 bits per heavy atom. The van der Waals surface area contributed by atoms with Crippen LogP contribution in [0.3, 0.4) is 0 Å². The zero-order chi connectivity index (χ0) is 20.7. The van der Waals surface area contributed by atoms with Crippen molar-refractivity contribution in [2.45, 2.75) is 26.3 Å². The van der Waals surface area contributed by atoms with Gasteiger partial charge in [0.05, 0.1) is 22.3 Å². The van der Waals surface area contributed by atoms with Crippen molar-refractivity contribution in [1.29, 1.82) is 0 Å². The van der Waals surface area contributed by atoms with E-state index in [4.69, 9.17) is 10.1 Å². The molecule has 0 aliphatic carbocycles. The SMILES string of the molecule is Br.Cc1ccc(C)c(-c2csc(N3N=C(c4cccs4)CC3c3ccc(F)cc3)n2)c1. The van der Waals surface area contributed by atoms with E-state index in [1.807, 2.05) is 23.2 Å². The fourth-order valence-corrected chi connectivity index (χ4v) is 5.27. The van der Waals surface area contributed by atoms with Crippen LogP contribution in [-0.4, -0.2) is 10.7 Å². The fourth-order valence-electron chi connectivity index (χ4n) is 3.73. The molecule has 0 saturated heterocycles. The predicted octanol–water partition coefficient (Wildman–Crippen LogP) is 7.56. The van der Waals surface area contributed by atoms with Crippen molar-refractivity contribution >= 4 is 50.5 Å². The zero-order valence-corrected chi connectivity index (χ0v) is 20.4. The highest BCUT2D eigenvalue weighted by atomic mass is 79.9. The molecule has 2 aromatic heterocycles. The molecule has 0 radical (unpaired) electrons. The third-order valence-corrected chi connectivity index (χ3v) is 7.08. The maximum Gasteiger partial charge on any atom is 0.207 e. The van der Waals surface area contributed by atoms with E-state index in [9.17, 15) is 4.39 Å². The van der Waals surface area contributed by atoms with Crippen LogP contribution in [0.1, 0.15) is 34.0 Å². The van der Waals surface area contributed by atoms with Crippen LogP contribution in [0.2, 0.25) is 0 Å². The molecule has 158 valence electrons. The minimum atomic E-state index is -0.228. The summed E-state index contributed by atoms with van der Waals surface area (Å²) in [5.41, 5.74) is 6.62. The molecule has 1 aliphatic rings. The Balaban J connectivity index is 0.00000231. The highest BCUT2D eigenvalue weighted by Gasteiger charge is 2.32. The van der Waals surface area contributed by atoms with Gasteiger partial charge in [-0.05, 0) is 54.6 Å². The summed E-state index contributed by atoms with van der Waals surface area (Å²) in [4.78, 5) is 6.10. The van der Waals surface area contributed by atoms with Crippen molar-refractivity contribution in [2.24, 2.45) is 5.10 Å². The molecule has 3 heterocycles. The molecular formula is C24H21BrFN3S2. The van der Waals surface area contributed by atoms with Crippen LogP contribution in [0.25, 0.3) is 11.3 Å². The molecule has 1 aliphatic heterocycles. The van der Waals surface area contributed by atoms with E-state index >= 15 is 0 Å². The summed E-state index contributed by atoms with van der Waals surface area (Å²) in [6.07, 6.45) is 0.768. The molecule has 0 bridgehead atoms. The summed E-state index contributed by atoms with van der Waals surface area (Å²) in [6.45, 7) is 4.21. The Morgan fingerprint density at radius 3 is 2.58 bits per heavy atom. The highest BCUT2D eigenvalue weighted by Crippen LogP contribution is 2.40. The first kappa shape index (κ1) is 21.9. The monoisotopic (exact) mass is 513 g/mol. The largest absolute Gasteiger partial charge is 0.231 e. The molecule has 31 heavy (non-hydrogen) atoms. The lowest BCUT2D eigenvalue weighted by molar-refractivity contribution is 0.624. The Kier molecular flexibility index (Phi) is 6.36. The van der Waals surface area contributed by atoms with Crippen LogP contribution >= 0.6 is 39.7 Å². The Morgan fingerprint density at radius 2 is 1.84 bits per heavy atom. The first-order valence-corrected chi connectivity index (χ1v) is 11.5. The number of halogens is 2. The molecule has 0 spiro atoms. The fraction of sp³-hybridized carbons (Fsp3) is 0.167. The van der Waals surface area contributed by atoms with Crippen molar-refractivity contribution in [3.63, 3.8) is 0 Å². The van der Waals surface area contributed by atoms with Gasteiger partial charge in [-0.15, -0.1) is 39.7 Å². The first-order valence-electron chi connectivity index (χ1n) is 9.78. The number of nitrogens with zero attached hydrogens (tertiary/aromatic N) is 3. The number of hydrogen-bond acceptors (Lipinski definition) is 5. The lowest BCUT2D eigenvalue weighted by atomic mass is 10.0. The van der Waals surface area contributed by atoms with Crippen LogP contribution in [-0.2, 0) is 0 Å². The van der Waals surface area contributed by atoms with E-state index in [2.05, 4.69) is 48.9 Å². The predicted molar refractivity (Wildman–Crippen MR) is 134 cm³/mol. The van der Waals surface area contributed by atoms with Gasteiger partial charge in [0, 0.05) is 17.4 Å². The molecule has 0 saturated carbocycles. The Labute approximate surface area is 199 Å². The van der Waals surface area contributed by atoms with E-state index in [-0.39, 0.29) is 28.8 Å². The quantitative estimate of drug-likeness (QED) is 0.281. The maximum atomic E-state index is 13.5. The molecule has 1 unspecified atom stereocenters. The van der Waals surface area contributed by atoms with Gasteiger partial charge in [-0.25, -0.2) is 14.4 Å². The number of anilines is 1. The highest BCUT2D eigenvalue weighted by molar-refractivity contribution is 8.93. The average molecular weight is 514 g/mol. The molecule has 1 atom stereocenters. The van der Waals surface area contributed by atoms with Crippen LogP contribution in [0.15, 0.2) is 70.5 Å². The molecule has 0 amide bonds. The number of hydrogen-bond donors (Lipinski definition) is 0. The molecule has 3 nitrogen and oxygen atoms in total. The Hall–Kier alpha value is -2.35. The van der Waals surface area contributed by atoms with Crippen molar-refractivity contribution in [2.75, 3.05) is 5.01 Å². The van der Waals surface area contributed by atoms with E-state index < -0.39 is 0 Å². The standard InChI is InChI=1S/C24H20FN3S2.BrH/c1-15-5-6-16(2)19(12-15)21-14-30-24(26-21)28-22(17-7-9-18(25)10-8-17)13-20(27-28)23-4-3-11-29-23;/h3-12,14,22H,13H2,1-2H3;1H. The van der Waals surface area contributed by atoms with E-state index in [1.54, 1.807) is 22.7 Å². The Bertz CT molecular complexity index is 1220. The lowest BCUT2D eigenvalue weighted by Gasteiger charge is -2.21. The van der Waals surface area contributed by atoms with E-state index in [1.165, 1.54) is 23.3 Å². The van der Waals surface area contributed by atoms with Crippen LogP contribution < -0.4 is 5.01 Å². The first-order chi connectivity index (χ1) is 14.6. The van der Waals surface area contributed by atoms with E-state index in [0.717, 1.165) is 39.0 Å². The van der Waals surface area contributed by atoms with Gasteiger partial charge in [-0.3, -0.25) is 0 Å². The second-order valence-corrected chi connectivity index (χ2v) is 9.26. The summed E-state index contributed by atoms with van der Waals surface area (Å²) in [5.74, 6) is -0.228. The minimum Gasteiger partial charge on any atom is -0.231 e. The second-order valence-electron chi connectivity index (χ2n) is 7.47. The minimum absolute atomic E-state index is 0.